The third-order valence-corrected chi connectivity index (χ3v) is 4.33. The topological polar surface area (TPSA) is 58.6 Å². The summed E-state index contributed by atoms with van der Waals surface area (Å²) >= 11 is 6.11. The smallest absolute Gasteiger partial charge is 0.255 e. The molecule has 1 amide bonds. The van der Waals surface area contributed by atoms with Gasteiger partial charge in [-0.15, -0.1) is 0 Å². The van der Waals surface area contributed by atoms with Crippen LogP contribution in [0.1, 0.15) is 34.5 Å². The highest BCUT2D eigenvalue weighted by molar-refractivity contribution is 6.30. The summed E-state index contributed by atoms with van der Waals surface area (Å²) in [6.07, 6.45) is -0.902. The van der Waals surface area contributed by atoms with Crippen LogP contribution in [0.2, 0.25) is 5.02 Å². The third-order valence-electron chi connectivity index (χ3n) is 4.10. The molecule has 0 fully saturated rings. The van der Waals surface area contributed by atoms with E-state index in [-0.39, 0.29) is 5.91 Å². The molecule has 27 heavy (non-hydrogen) atoms. The van der Waals surface area contributed by atoms with E-state index in [0.717, 1.165) is 5.56 Å². The Labute approximate surface area is 163 Å². The van der Waals surface area contributed by atoms with E-state index < -0.39 is 6.10 Å². The third kappa shape index (κ3) is 4.67. The van der Waals surface area contributed by atoms with Crippen molar-refractivity contribution in [1.29, 1.82) is 0 Å². The van der Waals surface area contributed by atoms with E-state index in [1.54, 1.807) is 42.5 Å². The van der Waals surface area contributed by atoms with E-state index in [2.05, 4.69) is 5.32 Å². The summed E-state index contributed by atoms with van der Waals surface area (Å²) in [6.45, 7) is 2.47. The Balaban J connectivity index is 1.85. The molecule has 5 heteroatoms. The van der Waals surface area contributed by atoms with Gasteiger partial charge in [0.15, 0.2) is 0 Å². The van der Waals surface area contributed by atoms with Gasteiger partial charge in [-0.25, -0.2) is 0 Å². The molecular formula is C22H20ClNO3. The van der Waals surface area contributed by atoms with Gasteiger partial charge in [0.25, 0.3) is 5.91 Å². The van der Waals surface area contributed by atoms with E-state index in [0.29, 0.717) is 34.2 Å². The molecule has 0 bridgehead atoms. The van der Waals surface area contributed by atoms with Gasteiger partial charge in [-0.3, -0.25) is 4.79 Å². The minimum atomic E-state index is -0.902. The Morgan fingerprint density at radius 3 is 2.44 bits per heavy atom. The highest BCUT2D eigenvalue weighted by atomic mass is 35.5. The number of hydrogen-bond donors (Lipinski definition) is 2. The normalized spacial score (nSPS) is 11.7. The second-order valence-electron chi connectivity index (χ2n) is 5.96. The summed E-state index contributed by atoms with van der Waals surface area (Å²) in [5, 5.41) is 14.1. The molecule has 3 rings (SSSR count). The quantitative estimate of drug-likeness (QED) is 0.626. The second-order valence-corrected chi connectivity index (χ2v) is 6.39. The average Bonchev–Trinajstić information content (AvgIpc) is 2.70. The Hall–Kier alpha value is -2.82. The van der Waals surface area contributed by atoms with Crippen molar-refractivity contribution in [2.24, 2.45) is 0 Å². The molecule has 0 saturated heterocycles. The van der Waals surface area contributed by atoms with Crippen LogP contribution in [-0.4, -0.2) is 17.6 Å². The molecule has 0 aliphatic heterocycles. The maximum atomic E-state index is 12.6. The highest BCUT2D eigenvalue weighted by Crippen LogP contribution is 2.31. The number of nitrogens with one attached hydrogen (secondary N) is 1. The van der Waals surface area contributed by atoms with Crippen LogP contribution in [0.5, 0.6) is 5.75 Å². The molecule has 138 valence electrons. The van der Waals surface area contributed by atoms with Gasteiger partial charge >= 0.3 is 0 Å². The van der Waals surface area contributed by atoms with Gasteiger partial charge < -0.3 is 15.2 Å². The van der Waals surface area contributed by atoms with Crippen LogP contribution in [0.4, 0.5) is 5.69 Å². The summed E-state index contributed by atoms with van der Waals surface area (Å²) in [4.78, 5) is 12.6. The van der Waals surface area contributed by atoms with E-state index >= 15 is 0 Å². The number of ether oxygens (including phenoxy) is 1. The second kappa shape index (κ2) is 8.71. The number of carbonyl (C=O) groups is 1. The molecule has 0 aliphatic carbocycles. The number of anilines is 1. The number of carbonyl (C=O) groups excluding carboxylic acids is 1. The first-order chi connectivity index (χ1) is 13.1. The van der Waals surface area contributed by atoms with E-state index in [1.165, 1.54) is 0 Å². The summed E-state index contributed by atoms with van der Waals surface area (Å²) in [5.74, 6) is 0.433. The Morgan fingerprint density at radius 2 is 1.78 bits per heavy atom. The van der Waals surface area contributed by atoms with Gasteiger partial charge in [-0.2, -0.15) is 0 Å². The molecule has 3 aromatic rings. The van der Waals surface area contributed by atoms with Crippen molar-refractivity contribution in [3.63, 3.8) is 0 Å². The molecule has 0 aromatic heterocycles. The summed E-state index contributed by atoms with van der Waals surface area (Å²) in [7, 11) is 0. The number of rotatable bonds is 6. The molecule has 0 radical (unpaired) electrons. The number of aliphatic hydroxyl groups is 1. The van der Waals surface area contributed by atoms with Gasteiger partial charge in [0, 0.05) is 21.8 Å². The Morgan fingerprint density at radius 1 is 1.07 bits per heavy atom. The molecule has 1 atom stereocenters. The van der Waals surface area contributed by atoms with Gasteiger partial charge in [-0.1, -0.05) is 41.9 Å². The predicted octanol–water partition coefficient (Wildman–Crippen LogP) is 5.07. The Bertz CT molecular complexity index is 911. The zero-order valence-electron chi connectivity index (χ0n) is 14.9. The number of aliphatic hydroxyl groups excluding tert-OH is 1. The van der Waals surface area contributed by atoms with Crippen LogP contribution < -0.4 is 10.1 Å². The summed E-state index contributed by atoms with van der Waals surface area (Å²) < 4.78 is 5.39. The number of halogens is 1. The first-order valence-electron chi connectivity index (χ1n) is 8.65. The summed E-state index contributed by atoms with van der Waals surface area (Å²) in [5.41, 5.74) is 2.26. The van der Waals surface area contributed by atoms with Crippen LogP contribution in [0.25, 0.3) is 0 Å². The lowest BCUT2D eigenvalue weighted by Crippen LogP contribution is -2.14. The maximum Gasteiger partial charge on any atom is 0.255 e. The van der Waals surface area contributed by atoms with Crippen molar-refractivity contribution in [1.82, 2.24) is 0 Å². The SMILES string of the molecule is CCOc1ccc(C(=O)Nc2ccc(Cl)cc2[C@@H](O)c2ccccc2)cc1. The molecule has 0 spiro atoms. The molecular weight excluding hydrogens is 362 g/mol. The van der Waals surface area contributed by atoms with Gasteiger partial charge in [0.1, 0.15) is 11.9 Å². The van der Waals surface area contributed by atoms with Gasteiger partial charge in [0.05, 0.1) is 6.61 Å². The van der Waals surface area contributed by atoms with Crippen LogP contribution in [0, 0.1) is 0 Å². The van der Waals surface area contributed by atoms with Crippen molar-refractivity contribution >= 4 is 23.2 Å². The van der Waals surface area contributed by atoms with Crippen LogP contribution in [-0.2, 0) is 0 Å². The molecule has 4 nitrogen and oxygen atoms in total. The van der Waals surface area contributed by atoms with Crippen molar-refractivity contribution in [3.8, 4) is 5.75 Å². The van der Waals surface area contributed by atoms with Crippen molar-refractivity contribution in [2.75, 3.05) is 11.9 Å². The molecule has 0 unspecified atom stereocenters. The minimum absolute atomic E-state index is 0.276. The average molecular weight is 382 g/mol. The van der Waals surface area contributed by atoms with Gasteiger partial charge in [0.2, 0.25) is 0 Å². The fourth-order valence-corrected chi connectivity index (χ4v) is 2.93. The lowest BCUT2D eigenvalue weighted by atomic mass is 9.99. The van der Waals surface area contributed by atoms with E-state index in [4.69, 9.17) is 16.3 Å². The molecule has 3 aromatic carbocycles. The first-order valence-corrected chi connectivity index (χ1v) is 9.03. The fraction of sp³-hybridized carbons (Fsp3) is 0.136. The standard InChI is InChI=1S/C22H20ClNO3/c1-2-27-18-11-8-16(9-12-18)22(26)24-20-13-10-17(23)14-19(20)21(25)15-6-4-3-5-7-15/h3-14,21,25H,2H2,1H3,(H,24,26)/t21-/m0/s1. The largest absolute Gasteiger partial charge is 0.494 e. The molecule has 0 heterocycles. The number of amides is 1. The lowest BCUT2D eigenvalue weighted by Gasteiger charge is -2.17. The number of benzene rings is 3. The molecule has 2 N–H and O–H groups in total. The predicted molar refractivity (Wildman–Crippen MR) is 108 cm³/mol. The molecule has 0 saturated carbocycles. The van der Waals surface area contributed by atoms with E-state index in [1.807, 2.05) is 37.3 Å². The monoisotopic (exact) mass is 381 g/mol. The van der Waals surface area contributed by atoms with Crippen LogP contribution in [0.3, 0.4) is 0 Å². The van der Waals surface area contributed by atoms with Gasteiger partial charge in [-0.05, 0) is 55.0 Å². The van der Waals surface area contributed by atoms with Crippen LogP contribution in [0.15, 0.2) is 72.8 Å². The van der Waals surface area contributed by atoms with Crippen molar-refractivity contribution in [2.45, 2.75) is 13.0 Å². The zero-order valence-corrected chi connectivity index (χ0v) is 15.6. The first kappa shape index (κ1) is 19.0. The van der Waals surface area contributed by atoms with Crippen molar-refractivity contribution < 1.29 is 14.6 Å². The summed E-state index contributed by atoms with van der Waals surface area (Å²) in [6, 6.07) is 21.1. The van der Waals surface area contributed by atoms with Crippen LogP contribution >= 0.6 is 11.6 Å². The highest BCUT2D eigenvalue weighted by Gasteiger charge is 2.17. The number of hydrogen-bond acceptors (Lipinski definition) is 3. The fourth-order valence-electron chi connectivity index (χ4n) is 2.75. The Kier molecular flexibility index (Phi) is 6.12. The zero-order chi connectivity index (χ0) is 19.2. The lowest BCUT2D eigenvalue weighted by molar-refractivity contribution is 0.102. The van der Waals surface area contributed by atoms with Crippen molar-refractivity contribution in [3.05, 3.63) is 94.5 Å². The minimum Gasteiger partial charge on any atom is -0.494 e. The maximum absolute atomic E-state index is 12.6. The van der Waals surface area contributed by atoms with E-state index in [9.17, 15) is 9.90 Å². The molecule has 0 aliphatic rings.